The van der Waals surface area contributed by atoms with Crippen molar-refractivity contribution in [1.82, 2.24) is 5.32 Å². The molecule has 1 aromatic heterocycles. The zero-order chi connectivity index (χ0) is 9.84. The van der Waals surface area contributed by atoms with E-state index in [1.165, 1.54) is 11.3 Å². The van der Waals surface area contributed by atoms with Crippen LogP contribution in [0.3, 0.4) is 0 Å². The van der Waals surface area contributed by atoms with Gasteiger partial charge >= 0.3 is 0 Å². The standard InChI is InChI=1S/C8H12Cl2N2S/c1-5(3-11)12-4-6-2-7(9)13-8(6)10/h2,5,12H,3-4,11H2,1H3. The minimum Gasteiger partial charge on any atom is -0.329 e. The van der Waals surface area contributed by atoms with E-state index in [1.54, 1.807) is 0 Å². The van der Waals surface area contributed by atoms with Gasteiger partial charge in [0, 0.05) is 19.1 Å². The Balaban J connectivity index is 2.49. The maximum absolute atomic E-state index is 5.93. The second-order valence-electron chi connectivity index (χ2n) is 2.87. The number of hydrogen-bond donors (Lipinski definition) is 2. The molecule has 2 nitrogen and oxygen atoms in total. The van der Waals surface area contributed by atoms with Gasteiger partial charge in [-0.3, -0.25) is 0 Å². The zero-order valence-electron chi connectivity index (χ0n) is 7.31. The van der Waals surface area contributed by atoms with E-state index in [0.717, 1.165) is 20.8 Å². The average molecular weight is 239 g/mol. The molecule has 0 aliphatic carbocycles. The van der Waals surface area contributed by atoms with Gasteiger partial charge in [-0.25, -0.2) is 0 Å². The number of hydrogen-bond acceptors (Lipinski definition) is 3. The number of thiophene rings is 1. The highest BCUT2D eigenvalue weighted by Gasteiger charge is 2.06. The van der Waals surface area contributed by atoms with Crippen molar-refractivity contribution < 1.29 is 0 Å². The minimum atomic E-state index is 0.301. The van der Waals surface area contributed by atoms with Gasteiger partial charge in [0.15, 0.2) is 0 Å². The number of nitrogens with one attached hydrogen (secondary N) is 1. The Hall–Kier alpha value is 0.200. The van der Waals surface area contributed by atoms with Crippen LogP contribution in [0.1, 0.15) is 12.5 Å². The lowest BCUT2D eigenvalue weighted by molar-refractivity contribution is 0.557. The Labute approximate surface area is 92.0 Å². The second kappa shape index (κ2) is 5.17. The fraction of sp³-hybridized carbons (Fsp3) is 0.500. The van der Waals surface area contributed by atoms with Crippen molar-refractivity contribution in [3.63, 3.8) is 0 Å². The van der Waals surface area contributed by atoms with Gasteiger partial charge in [0.25, 0.3) is 0 Å². The molecule has 3 N–H and O–H groups in total. The van der Waals surface area contributed by atoms with E-state index in [9.17, 15) is 0 Å². The molecule has 0 saturated carbocycles. The summed E-state index contributed by atoms with van der Waals surface area (Å²) in [5.74, 6) is 0. The molecule has 0 radical (unpaired) electrons. The van der Waals surface area contributed by atoms with Crippen molar-refractivity contribution in [3.8, 4) is 0 Å². The third-order valence-electron chi connectivity index (χ3n) is 1.72. The molecule has 1 aromatic rings. The van der Waals surface area contributed by atoms with Gasteiger partial charge in [-0.15, -0.1) is 11.3 Å². The normalized spacial score (nSPS) is 13.2. The van der Waals surface area contributed by atoms with Crippen LogP contribution in [0.2, 0.25) is 8.67 Å². The van der Waals surface area contributed by atoms with Crippen LogP contribution in [0.25, 0.3) is 0 Å². The quantitative estimate of drug-likeness (QED) is 0.847. The summed E-state index contributed by atoms with van der Waals surface area (Å²) in [5, 5.41) is 3.24. The molecule has 5 heteroatoms. The maximum atomic E-state index is 5.93. The van der Waals surface area contributed by atoms with E-state index in [4.69, 9.17) is 28.9 Å². The summed E-state index contributed by atoms with van der Waals surface area (Å²) < 4.78 is 1.48. The molecule has 1 rings (SSSR count). The summed E-state index contributed by atoms with van der Waals surface area (Å²) in [4.78, 5) is 0. The molecule has 74 valence electrons. The molecule has 0 aromatic carbocycles. The largest absolute Gasteiger partial charge is 0.329 e. The first-order valence-corrected chi connectivity index (χ1v) is 5.58. The van der Waals surface area contributed by atoms with E-state index in [0.29, 0.717) is 12.6 Å². The summed E-state index contributed by atoms with van der Waals surface area (Å²) in [6.45, 7) is 3.37. The first-order valence-electron chi connectivity index (χ1n) is 4.00. The summed E-state index contributed by atoms with van der Waals surface area (Å²) in [5.41, 5.74) is 6.50. The Bertz CT molecular complexity index is 275. The van der Waals surface area contributed by atoms with Gasteiger partial charge in [-0.1, -0.05) is 23.2 Å². The molecule has 0 spiro atoms. The lowest BCUT2D eigenvalue weighted by Crippen LogP contribution is -2.32. The van der Waals surface area contributed by atoms with Crippen LogP contribution >= 0.6 is 34.5 Å². The highest BCUT2D eigenvalue weighted by molar-refractivity contribution is 7.20. The van der Waals surface area contributed by atoms with Gasteiger partial charge in [0.2, 0.25) is 0 Å². The molecule has 0 aliphatic rings. The zero-order valence-corrected chi connectivity index (χ0v) is 9.64. The van der Waals surface area contributed by atoms with Crippen molar-refractivity contribution in [1.29, 1.82) is 0 Å². The predicted molar refractivity (Wildman–Crippen MR) is 59.7 cm³/mol. The smallest absolute Gasteiger partial charge is 0.0989 e. The molecule has 0 amide bonds. The highest BCUT2D eigenvalue weighted by atomic mass is 35.5. The van der Waals surface area contributed by atoms with E-state index in [2.05, 4.69) is 5.32 Å². The molecule has 0 aliphatic heterocycles. The Morgan fingerprint density at radius 2 is 2.31 bits per heavy atom. The molecule has 0 saturated heterocycles. The van der Waals surface area contributed by atoms with Crippen molar-refractivity contribution in [2.24, 2.45) is 5.73 Å². The molecule has 1 unspecified atom stereocenters. The number of halogens is 2. The van der Waals surface area contributed by atoms with E-state index in [-0.39, 0.29) is 0 Å². The maximum Gasteiger partial charge on any atom is 0.0989 e. The van der Waals surface area contributed by atoms with E-state index in [1.807, 2.05) is 13.0 Å². The molecular formula is C8H12Cl2N2S. The molecule has 0 bridgehead atoms. The second-order valence-corrected chi connectivity index (χ2v) is 5.15. The highest BCUT2D eigenvalue weighted by Crippen LogP contribution is 2.30. The Morgan fingerprint density at radius 1 is 1.62 bits per heavy atom. The molecule has 1 heterocycles. The molecular weight excluding hydrogens is 227 g/mol. The van der Waals surface area contributed by atoms with Crippen LogP contribution in [0.15, 0.2) is 6.07 Å². The topological polar surface area (TPSA) is 38.0 Å². The first-order chi connectivity index (χ1) is 6.13. The SMILES string of the molecule is CC(CN)NCc1cc(Cl)sc1Cl. The van der Waals surface area contributed by atoms with Crippen LogP contribution in [-0.4, -0.2) is 12.6 Å². The molecule has 13 heavy (non-hydrogen) atoms. The fourth-order valence-corrected chi connectivity index (χ4v) is 2.35. The predicted octanol–water partition coefficient (Wildman–Crippen LogP) is 2.49. The lowest BCUT2D eigenvalue weighted by atomic mass is 10.3. The van der Waals surface area contributed by atoms with Gasteiger partial charge in [0.1, 0.15) is 0 Å². The van der Waals surface area contributed by atoms with Gasteiger partial charge < -0.3 is 11.1 Å². The summed E-state index contributed by atoms with van der Waals surface area (Å²) in [6.07, 6.45) is 0. The van der Waals surface area contributed by atoms with Crippen LogP contribution in [0, 0.1) is 0 Å². The average Bonchev–Trinajstić information content (AvgIpc) is 2.41. The molecule has 0 fully saturated rings. The van der Waals surface area contributed by atoms with Crippen molar-refractivity contribution >= 4 is 34.5 Å². The number of nitrogens with two attached hydrogens (primary N) is 1. The summed E-state index contributed by atoms with van der Waals surface area (Å²) in [6, 6.07) is 2.18. The Morgan fingerprint density at radius 3 is 2.77 bits per heavy atom. The van der Waals surface area contributed by atoms with Crippen molar-refractivity contribution in [2.75, 3.05) is 6.54 Å². The van der Waals surface area contributed by atoms with Crippen LogP contribution in [0.5, 0.6) is 0 Å². The first kappa shape index (κ1) is 11.3. The molecule has 1 atom stereocenters. The summed E-state index contributed by atoms with van der Waals surface area (Å²) >= 11 is 13.1. The van der Waals surface area contributed by atoms with Gasteiger partial charge in [-0.2, -0.15) is 0 Å². The van der Waals surface area contributed by atoms with Crippen molar-refractivity contribution in [3.05, 3.63) is 20.3 Å². The lowest BCUT2D eigenvalue weighted by Gasteiger charge is -2.09. The van der Waals surface area contributed by atoms with Gasteiger partial charge in [-0.05, 0) is 18.6 Å². The van der Waals surface area contributed by atoms with Crippen LogP contribution in [0.4, 0.5) is 0 Å². The van der Waals surface area contributed by atoms with Crippen LogP contribution < -0.4 is 11.1 Å². The Kier molecular flexibility index (Phi) is 4.49. The third-order valence-corrected chi connectivity index (χ3v) is 3.29. The van der Waals surface area contributed by atoms with Gasteiger partial charge in [0.05, 0.1) is 8.67 Å². The monoisotopic (exact) mass is 238 g/mol. The van der Waals surface area contributed by atoms with Crippen LogP contribution in [-0.2, 0) is 6.54 Å². The summed E-state index contributed by atoms with van der Waals surface area (Å²) in [7, 11) is 0. The van der Waals surface area contributed by atoms with E-state index < -0.39 is 0 Å². The fourth-order valence-electron chi connectivity index (χ4n) is 0.862. The number of rotatable bonds is 4. The van der Waals surface area contributed by atoms with Crippen molar-refractivity contribution in [2.45, 2.75) is 19.5 Å². The minimum absolute atomic E-state index is 0.301. The third kappa shape index (κ3) is 3.44. The van der Waals surface area contributed by atoms with E-state index >= 15 is 0 Å².